The Morgan fingerprint density at radius 1 is 1.39 bits per heavy atom. The van der Waals surface area contributed by atoms with Gasteiger partial charge in [0.15, 0.2) is 0 Å². The first-order valence-corrected chi connectivity index (χ1v) is 5.15. The highest BCUT2D eigenvalue weighted by atomic mass is 19.1. The van der Waals surface area contributed by atoms with Crippen LogP contribution in [-0.2, 0) is 7.05 Å². The molecule has 0 bridgehead atoms. The molecule has 1 aromatic carbocycles. The Morgan fingerprint density at radius 2 is 1.94 bits per heavy atom. The third kappa shape index (κ3) is 3.89. The molecule has 96 valence electrons. The highest BCUT2D eigenvalue weighted by Gasteiger charge is 1.98. The predicted molar refractivity (Wildman–Crippen MR) is 65.7 cm³/mol. The van der Waals surface area contributed by atoms with Gasteiger partial charge >= 0.3 is 5.97 Å². The van der Waals surface area contributed by atoms with Gasteiger partial charge in [-0.1, -0.05) is 0 Å². The number of benzene rings is 1. The maximum absolute atomic E-state index is 12.2. The van der Waals surface area contributed by atoms with Crippen molar-refractivity contribution < 1.29 is 14.3 Å². The highest BCUT2D eigenvalue weighted by Crippen LogP contribution is 2.04. The van der Waals surface area contributed by atoms with Gasteiger partial charge in [-0.05, 0) is 31.2 Å². The first kappa shape index (κ1) is 13.7. The zero-order valence-corrected chi connectivity index (χ0v) is 10.1. The summed E-state index contributed by atoms with van der Waals surface area (Å²) >= 11 is 0. The number of nitrogens with zero attached hydrogens (tertiary/aromatic N) is 2. The van der Waals surface area contributed by atoms with Crippen molar-refractivity contribution in [1.82, 2.24) is 9.78 Å². The maximum atomic E-state index is 12.2. The van der Waals surface area contributed by atoms with Crippen LogP contribution >= 0.6 is 0 Å². The molecule has 1 aromatic heterocycles. The van der Waals surface area contributed by atoms with E-state index in [9.17, 15) is 9.18 Å². The van der Waals surface area contributed by atoms with Crippen LogP contribution in [0.25, 0.3) is 0 Å². The number of hydrogen-bond acceptors (Lipinski definition) is 3. The Hall–Kier alpha value is -2.37. The summed E-state index contributed by atoms with van der Waals surface area (Å²) in [6.45, 7) is 1.75. The molecule has 6 heteroatoms. The van der Waals surface area contributed by atoms with Crippen LogP contribution < -0.4 is 5.73 Å². The third-order valence-corrected chi connectivity index (χ3v) is 2.10. The lowest BCUT2D eigenvalue weighted by atomic mass is 10.2. The van der Waals surface area contributed by atoms with Crippen molar-refractivity contribution >= 4 is 11.7 Å². The molecule has 0 fully saturated rings. The van der Waals surface area contributed by atoms with Gasteiger partial charge in [-0.3, -0.25) is 0 Å². The van der Waals surface area contributed by atoms with E-state index in [1.807, 2.05) is 0 Å². The quantitative estimate of drug-likeness (QED) is 0.758. The lowest BCUT2D eigenvalue weighted by Gasteiger charge is -1.93. The molecule has 0 aliphatic rings. The van der Waals surface area contributed by atoms with Crippen LogP contribution in [0.4, 0.5) is 10.1 Å². The van der Waals surface area contributed by atoms with Crippen molar-refractivity contribution in [1.29, 1.82) is 0 Å². The lowest BCUT2D eigenvalue weighted by molar-refractivity contribution is 0.0697. The Morgan fingerprint density at radius 3 is 2.22 bits per heavy atom. The molecule has 3 N–H and O–H groups in total. The van der Waals surface area contributed by atoms with Crippen molar-refractivity contribution in [2.75, 3.05) is 5.73 Å². The third-order valence-electron chi connectivity index (χ3n) is 2.10. The number of carboxylic acids is 1. The van der Waals surface area contributed by atoms with Gasteiger partial charge < -0.3 is 10.8 Å². The summed E-state index contributed by atoms with van der Waals surface area (Å²) in [7, 11) is 1.57. The van der Waals surface area contributed by atoms with E-state index < -0.39 is 5.97 Å². The van der Waals surface area contributed by atoms with Crippen LogP contribution in [-0.4, -0.2) is 20.9 Å². The molecule has 0 amide bonds. The van der Waals surface area contributed by atoms with Gasteiger partial charge in [-0.15, -0.1) is 0 Å². The number of rotatable bonds is 1. The van der Waals surface area contributed by atoms with Gasteiger partial charge in [0.1, 0.15) is 0 Å². The van der Waals surface area contributed by atoms with Crippen molar-refractivity contribution in [3.63, 3.8) is 0 Å². The highest BCUT2D eigenvalue weighted by molar-refractivity contribution is 5.87. The van der Waals surface area contributed by atoms with Crippen molar-refractivity contribution in [3.8, 4) is 0 Å². The number of carbonyl (C=O) groups is 1. The molecule has 1 heterocycles. The first-order chi connectivity index (χ1) is 8.40. The summed E-state index contributed by atoms with van der Waals surface area (Å²) in [5, 5.41) is 12.2. The minimum absolute atomic E-state index is 0.259. The van der Waals surface area contributed by atoms with Gasteiger partial charge in [0, 0.05) is 18.8 Å². The average Bonchev–Trinajstić information content (AvgIpc) is 2.57. The van der Waals surface area contributed by atoms with E-state index in [-0.39, 0.29) is 11.5 Å². The second-order valence-electron chi connectivity index (χ2n) is 3.66. The number of hydrogen-bond donors (Lipinski definition) is 2. The SMILES string of the molecule is Cc1cc(F)n(C)n1.Nc1ccc(C(=O)O)cc1. The molecule has 18 heavy (non-hydrogen) atoms. The fourth-order valence-electron chi connectivity index (χ4n) is 1.20. The van der Waals surface area contributed by atoms with E-state index in [1.165, 1.54) is 22.9 Å². The number of carboxylic acid groups (broad SMARTS) is 1. The number of nitrogens with two attached hydrogens (primary N) is 1. The monoisotopic (exact) mass is 251 g/mol. The van der Waals surface area contributed by atoms with Crippen molar-refractivity contribution in [2.24, 2.45) is 7.05 Å². The van der Waals surface area contributed by atoms with Crippen LogP contribution in [0.1, 0.15) is 16.1 Å². The van der Waals surface area contributed by atoms with E-state index in [0.29, 0.717) is 11.4 Å². The Balaban J connectivity index is 0.000000184. The molecule has 0 saturated heterocycles. The molecule has 2 aromatic rings. The molecule has 0 aliphatic carbocycles. The van der Waals surface area contributed by atoms with Crippen molar-refractivity contribution in [3.05, 3.63) is 47.5 Å². The fourth-order valence-corrected chi connectivity index (χ4v) is 1.20. The largest absolute Gasteiger partial charge is 0.478 e. The van der Waals surface area contributed by atoms with Gasteiger partial charge in [0.25, 0.3) is 0 Å². The van der Waals surface area contributed by atoms with E-state index in [0.717, 1.165) is 0 Å². The van der Waals surface area contributed by atoms with E-state index >= 15 is 0 Å². The Bertz CT molecular complexity index is 515. The Kier molecular flexibility index (Phi) is 4.42. The van der Waals surface area contributed by atoms with Gasteiger partial charge in [0.05, 0.1) is 11.3 Å². The van der Waals surface area contributed by atoms with Gasteiger partial charge in [0.2, 0.25) is 5.95 Å². The average molecular weight is 251 g/mol. The van der Waals surface area contributed by atoms with Crippen molar-refractivity contribution in [2.45, 2.75) is 6.92 Å². The second-order valence-corrected chi connectivity index (χ2v) is 3.66. The summed E-state index contributed by atoms with van der Waals surface area (Å²) < 4.78 is 13.4. The van der Waals surface area contributed by atoms with Crippen LogP contribution in [0.3, 0.4) is 0 Å². The molecule has 0 saturated carbocycles. The maximum Gasteiger partial charge on any atom is 0.335 e. The smallest absolute Gasteiger partial charge is 0.335 e. The number of aromatic carboxylic acids is 1. The topological polar surface area (TPSA) is 81.1 Å². The molecule has 0 radical (unpaired) electrons. The molecule has 5 nitrogen and oxygen atoms in total. The normalized spacial score (nSPS) is 9.50. The number of aromatic nitrogens is 2. The van der Waals surface area contributed by atoms with E-state index in [2.05, 4.69) is 5.10 Å². The molecule has 0 spiro atoms. The summed E-state index contributed by atoms with van der Waals surface area (Å²) in [6, 6.07) is 7.45. The van der Waals surface area contributed by atoms with Crippen LogP contribution in [0.5, 0.6) is 0 Å². The number of anilines is 1. The first-order valence-electron chi connectivity index (χ1n) is 5.15. The predicted octanol–water partition coefficient (Wildman–Crippen LogP) is 1.83. The molecule has 0 aliphatic heterocycles. The standard InChI is InChI=1S/C7H7NO2.C5H7FN2/c8-6-3-1-5(2-4-6)7(9)10;1-4-3-5(6)8(2)7-4/h1-4H,8H2,(H,9,10);3H,1-2H3. The lowest BCUT2D eigenvalue weighted by Crippen LogP contribution is -1.95. The minimum Gasteiger partial charge on any atom is -0.478 e. The number of nitrogen functional groups attached to an aromatic ring is 1. The van der Waals surface area contributed by atoms with Gasteiger partial charge in [-0.25, -0.2) is 9.48 Å². The molecule has 2 rings (SSSR count). The molecule has 0 unspecified atom stereocenters. The summed E-state index contributed by atoms with van der Waals surface area (Å²) in [5.74, 6) is -1.22. The van der Waals surface area contributed by atoms with E-state index in [1.54, 1.807) is 26.1 Å². The number of halogens is 1. The zero-order valence-electron chi connectivity index (χ0n) is 10.1. The number of aryl methyl sites for hydroxylation is 2. The van der Waals surface area contributed by atoms with Gasteiger partial charge in [-0.2, -0.15) is 9.49 Å². The molecule has 0 atom stereocenters. The minimum atomic E-state index is -0.931. The molecular weight excluding hydrogens is 237 g/mol. The fraction of sp³-hybridized carbons (Fsp3) is 0.167. The van der Waals surface area contributed by atoms with E-state index in [4.69, 9.17) is 10.8 Å². The van der Waals surface area contributed by atoms with Crippen LogP contribution in [0, 0.1) is 12.9 Å². The van der Waals surface area contributed by atoms with Crippen LogP contribution in [0.2, 0.25) is 0 Å². The molecular formula is C12H14FN3O2. The van der Waals surface area contributed by atoms with Crippen LogP contribution in [0.15, 0.2) is 30.3 Å². The summed E-state index contributed by atoms with van der Waals surface area (Å²) in [5.41, 5.74) is 6.88. The summed E-state index contributed by atoms with van der Waals surface area (Å²) in [6.07, 6.45) is 0. The zero-order chi connectivity index (χ0) is 13.7. The second kappa shape index (κ2) is 5.81. The Labute approximate surface area is 104 Å². The summed E-state index contributed by atoms with van der Waals surface area (Å²) in [4.78, 5) is 10.3.